The van der Waals surface area contributed by atoms with Crippen LogP contribution in [0.25, 0.3) is 0 Å². The van der Waals surface area contributed by atoms with Gasteiger partial charge in [0.05, 0.1) is 24.8 Å². The van der Waals surface area contributed by atoms with E-state index in [1.54, 1.807) is 37.3 Å². The van der Waals surface area contributed by atoms with Crippen LogP contribution in [0.1, 0.15) is 16.7 Å². The summed E-state index contributed by atoms with van der Waals surface area (Å²) in [6, 6.07) is 19.1. The van der Waals surface area contributed by atoms with E-state index in [0.29, 0.717) is 16.9 Å². The van der Waals surface area contributed by atoms with Gasteiger partial charge >= 0.3 is 0 Å². The zero-order chi connectivity index (χ0) is 23.8. The maximum absolute atomic E-state index is 13.4. The van der Waals surface area contributed by atoms with Gasteiger partial charge in [-0.3, -0.25) is 4.79 Å². The van der Waals surface area contributed by atoms with Crippen molar-refractivity contribution in [1.82, 2.24) is 9.73 Å². The first-order valence-corrected chi connectivity index (χ1v) is 11.5. The Morgan fingerprint density at radius 2 is 1.79 bits per heavy atom. The number of carbonyl (C=O) groups excluding carboxylic acids is 1. The molecule has 7 nitrogen and oxygen atoms in total. The SMILES string of the molecule is COc1ccc(S(=O)(=O)N(CC(=O)N/N=C/c2ccc(F)cc2)Cc2ccccc2)cc1C. The highest BCUT2D eigenvalue weighted by Gasteiger charge is 2.27. The first-order valence-electron chi connectivity index (χ1n) is 10.1. The van der Waals surface area contributed by atoms with E-state index in [1.165, 1.54) is 49.7 Å². The number of carbonyl (C=O) groups is 1. The second kappa shape index (κ2) is 10.8. The summed E-state index contributed by atoms with van der Waals surface area (Å²) in [5, 5.41) is 3.84. The third kappa shape index (κ3) is 6.47. The zero-order valence-electron chi connectivity index (χ0n) is 18.2. The van der Waals surface area contributed by atoms with Crippen LogP contribution < -0.4 is 10.2 Å². The van der Waals surface area contributed by atoms with E-state index < -0.39 is 22.5 Å². The summed E-state index contributed by atoms with van der Waals surface area (Å²) < 4.78 is 46.1. The van der Waals surface area contributed by atoms with Crippen LogP contribution in [0.2, 0.25) is 0 Å². The number of hydrogen-bond donors (Lipinski definition) is 1. The number of methoxy groups -OCH3 is 1. The lowest BCUT2D eigenvalue weighted by atomic mass is 10.2. The number of ether oxygens (including phenoxy) is 1. The Balaban J connectivity index is 1.80. The summed E-state index contributed by atoms with van der Waals surface area (Å²) in [5.41, 5.74) is 4.30. The Morgan fingerprint density at radius 3 is 2.42 bits per heavy atom. The summed E-state index contributed by atoms with van der Waals surface area (Å²) in [4.78, 5) is 12.6. The normalized spacial score (nSPS) is 11.6. The average molecular weight is 470 g/mol. The van der Waals surface area contributed by atoms with Gasteiger partial charge in [-0.2, -0.15) is 9.41 Å². The van der Waals surface area contributed by atoms with Crippen molar-refractivity contribution in [2.75, 3.05) is 13.7 Å². The van der Waals surface area contributed by atoms with Gasteiger partial charge < -0.3 is 4.74 Å². The Hall–Kier alpha value is -3.56. The lowest BCUT2D eigenvalue weighted by molar-refractivity contribution is -0.121. The smallest absolute Gasteiger partial charge is 0.255 e. The molecule has 0 aliphatic heterocycles. The van der Waals surface area contributed by atoms with Crippen LogP contribution in [0.15, 0.2) is 82.8 Å². The minimum atomic E-state index is -4.00. The standard InChI is InChI=1S/C24H24FN3O4S/c1-18-14-22(12-13-23(18)32-2)33(30,31)28(16-20-6-4-3-5-7-20)17-24(29)27-26-15-19-8-10-21(25)11-9-19/h3-15H,16-17H2,1-2H3,(H,27,29)/b26-15+. The number of nitrogens with one attached hydrogen (secondary N) is 1. The molecule has 1 amide bonds. The van der Waals surface area contributed by atoms with Gasteiger partial charge in [0.15, 0.2) is 0 Å². The highest BCUT2D eigenvalue weighted by atomic mass is 32.2. The molecule has 0 saturated heterocycles. The number of benzene rings is 3. The largest absolute Gasteiger partial charge is 0.496 e. The first-order chi connectivity index (χ1) is 15.8. The molecular weight excluding hydrogens is 445 g/mol. The molecule has 3 aromatic carbocycles. The number of hydrazone groups is 1. The summed E-state index contributed by atoms with van der Waals surface area (Å²) in [5.74, 6) is -0.429. The molecule has 0 heterocycles. The van der Waals surface area contributed by atoms with Crippen LogP contribution in [0.5, 0.6) is 5.75 Å². The second-order valence-corrected chi connectivity index (χ2v) is 9.17. The molecule has 1 N–H and O–H groups in total. The summed E-state index contributed by atoms with van der Waals surface area (Å²) in [6.07, 6.45) is 1.35. The molecule has 0 unspecified atom stereocenters. The van der Waals surface area contributed by atoms with Crippen molar-refractivity contribution >= 4 is 22.1 Å². The lowest BCUT2D eigenvalue weighted by Crippen LogP contribution is -2.39. The van der Waals surface area contributed by atoms with Crippen molar-refractivity contribution in [3.8, 4) is 5.75 Å². The molecule has 0 saturated carbocycles. The number of amides is 1. The van der Waals surface area contributed by atoms with E-state index in [9.17, 15) is 17.6 Å². The highest BCUT2D eigenvalue weighted by Crippen LogP contribution is 2.24. The molecule has 9 heteroatoms. The van der Waals surface area contributed by atoms with Crippen molar-refractivity contribution in [2.45, 2.75) is 18.4 Å². The molecule has 172 valence electrons. The predicted octanol–water partition coefficient (Wildman–Crippen LogP) is 3.48. The van der Waals surface area contributed by atoms with Crippen LogP contribution in [-0.4, -0.2) is 38.5 Å². The third-order valence-corrected chi connectivity index (χ3v) is 6.59. The second-order valence-electron chi connectivity index (χ2n) is 7.23. The number of sulfonamides is 1. The van der Waals surface area contributed by atoms with Gasteiger partial charge in [0, 0.05) is 6.54 Å². The van der Waals surface area contributed by atoms with Gasteiger partial charge in [-0.1, -0.05) is 42.5 Å². The Labute approximate surface area is 192 Å². The number of rotatable bonds is 9. The topological polar surface area (TPSA) is 88.1 Å². The van der Waals surface area contributed by atoms with E-state index in [-0.39, 0.29) is 17.3 Å². The minimum Gasteiger partial charge on any atom is -0.496 e. The molecule has 0 aliphatic carbocycles. The third-order valence-electron chi connectivity index (χ3n) is 4.80. The monoisotopic (exact) mass is 469 g/mol. The van der Waals surface area contributed by atoms with Crippen molar-refractivity contribution < 1.29 is 22.3 Å². The first kappa shape index (κ1) is 24.1. The fourth-order valence-corrected chi connectivity index (χ4v) is 4.57. The van der Waals surface area contributed by atoms with E-state index >= 15 is 0 Å². The highest BCUT2D eigenvalue weighted by molar-refractivity contribution is 7.89. The number of halogens is 1. The molecule has 0 aromatic heterocycles. The van der Waals surface area contributed by atoms with Crippen molar-refractivity contribution in [2.24, 2.45) is 5.10 Å². The summed E-state index contributed by atoms with van der Waals surface area (Å²) >= 11 is 0. The van der Waals surface area contributed by atoms with Gasteiger partial charge in [0.1, 0.15) is 11.6 Å². The zero-order valence-corrected chi connectivity index (χ0v) is 19.0. The van der Waals surface area contributed by atoms with Crippen LogP contribution in [0, 0.1) is 12.7 Å². The van der Waals surface area contributed by atoms with Crippen LogP contribution in [0.3, 0.4) is 0 Å². The molecule has 33 heavy (non-hydrogen) atoms. The minimum absolute atomic E-state index is 0.00332. The number of hydrogen-bond acceptors (Lipinski definition) is 5. The Kier molecular flexibility index (Phi) is 7.92. The Bertz CT molecular complexity index is 1230. The fourth-order valence-electron chi connectivity index (χ4n) is 3.10. The predicted molar refractivity (Wildman–Crippen MR) is 124 cm³/mol. The fraction of sp³-hybridized carbons (Fsp3) is 0.167. The van der Waals surface area contributed by atoms with Gasteiger partial charge in [-0.15, -0.1) is 0 Å². The van der Waals surface area contributed by atoms with E-state index in [1.807, 2.05) is 6.07 Å². The molecule has 0 aliphatic rings. The van der Waals surface area contributed by atoms with E-state index in [2.05, 4.69) is 10.5 Å². The van der Waals surface area contributed by atoms with Gasteiger partial charge in [0.2, 0.25) is 10.0 Å². The van der Waals surface area contributed by atoms with E-state index in [4.69, 9.17) is 4.74 Å². The summed E-state index contributed by atoms with van der Waals surface area (Å²) in [6.45, 7) is 1.31. The van der Waals surface area contributed by atoms with Gasteiger partial charge in [-0.25, -0.2) is 18.2 Å². The average Bonchev–Trinajstić information content (AvgIpc) is 2.80. The van der Waals surface area contributed by atoms with Gasteiger partial charge in [0.25, 0.3) is 5.91 Å². The van der Waals surface area contributed by atoms with Crippen LogP contribution in [0.4, 0.5) is 4.39 Å². The molecule has 0 bridgehead atoms. The van der Waals surface area contributed by atoms with Gasteiger partial charge in [-0.05, 0) is 53.9 Å². The molecule has 3 rings (SSSR count). The maximum atomic E-state index is 13.4. The number of nitrogens with zero attached hydrogens (tertiary/aromatic N) is 2. The van der Waals surface area contributed by atoms with E-state index in [0.717, 1.165) is 9.87 Å². The quantitative estimate of drug-likeness (QED) is 0.384. The van der Waals surface area contributed by atoms with Crippen molar-refractivity contribution in [3.63, 3.8) is 0 Å². The Morgan fingerprint density at radius 1 is 1.09 bits per heavy atom. The molecule has 0 radical (unpaired) electrons. The molecule has 3 aromatic rings. The lowest BCUT2D eigenvalue weighted by Gasteiger charge is -2.22. The molecule has 0 atom stereocenters. The van der Waals surface area contributed by atoms with Crippen LogP contribution >= 0.6 is 0 Å². The van der Waals surface area contributed by atoms with Crippen molar-refractivity contribution in [3.05, 3.63) is 95.3 Å². The molecule has 0 fully saturated rings. The summed E-state index contributed by atoms with van der Waals surface area (Å²) in [7, 11) is -2.49. The maximum Gasteiger partial charge on any atom is 0.255 e. The van der Waals surface area contributed by atoms with Crippen LogP contribution in [-0.2, 0) is 21.4 Å². The van der Waals surface area contributed by atoms with Crippen molar-refractivity contribution in [1.29, 1.82) is 0 Å². The molecule has 0 spiro atoms. The number of aryl methyl sites for hydroxylation is 1. The molecular formula is C24H24FN3O4S.